The Hall–Kier alpha value is -3.40. The number of halogens is 4. The molecule has 0 saturated carbocycles. The minimum Gasteiger partial charge on any atom is -0.207 e. The average molecular weight is 477 g/mol. The average Bonchev–Trinajstić information content (AvgIpc) is 2.85. The predicted molar refractivity (Wildman–Crippen MR) is 135 cm³/mol. The van der Waals surface area contributed by atoms with Gasteiger partial charge in [-0.05, 0) is 96.9 Å². The predicted octanol–water partition coefficient (Wildman–Crippen LogP) is 8.48. The van der Waals surface area contributed by atoms with E-state index >= 15 is 4.39 Å². The Labute approximate surface area is 203 Å². The maximum Gasteiger partial charge on any atom is 0.159 e. The number of allylic oxidation sites excluding steroid dienone is 2. The number of rotatable bonds is 9. The summed E-state index contributed by atoms with van der Waals surface area (Å²) in [5.41, 5.74) is 3.84. The standard InChI is InChI=1S/C31H28F4/c1-2-3-4-5-21-6-11-24(29(33)19-21)12-7-22-9-16-27-26(18-22)15-14-25(31(27)35)13-8-23-10-17-28(32)30(34)20-23/h2-3,6,9-11,14-20H,4-5,7-8,12-13H2,1H3/b3-2+. The Morgan fingerprint density at radius 3 is 1.94 bits per heavy atom. The molecule has 180 valence electrons. The van der Waals surface area contributed by atoms with Gasteiger partial charge in [0.1, 0.15) is 11.6 Å². The van der Waals surface area contributed by atoms with Crippen molar-refractivity contribution in [3.63, 3.8) is 0 Å². The monoisotopic (exact) mass is 476 g/mol. The number of hydrogen-bond acceptors (Lipinski definition) is 0. The quantitative estimate of drug-likeness (QED) is 0.168. The van der Waals surface area contributed by atoms with Gasteiger partial charge in [-0.1, -0.05) is 60.7 Å². The summed E-state index contributed by atoms with van der Waals surface area (Å²) >= 11 is 0. The Kier molecular flexibility index (Phi) is 8.02. The summed E-state index contributed by atoms with van der Waals surface area (Å²) in [7, 11) is 0. The topological polar surface area (TPSA) is 0 Å². The third kappa shape index (κ3) is 6.19. The van der Waals surface area contributed by atoms with Gasteiger partial charge in [-0.2, -0.15) is 0 Å². The number of fused-ring (bicyclic) bond motifs is 1. The second-order valence-electron chi connectivity index (χ2n) is 8.88. The fourth-order valence-electron chi connectivity index (χ4n) is 4.35. The Balaban J connectivity index is 1.42. The molecule has 0 aromatic heterocycles. The van der Waals surface area contributed by atoms with Crippen LogP contribution in [0.1, 0.15) is 41.2 Å². The molecular weight excluding hydrogens is 448 g/mol. The van der Waals surface area contributed by atoms with E-state index in [9.17, 15) is 13.2 Å². The number of aryl methyl sites for hydroxylation is 5. The smallest absolute Gasteiger partial charge is 0.159 e. The zero-order chi connectivity index (χ0) is 24.8. The third-order valence-electron chi connectivity index (χ3n) is 6.40. The van der Waals surface area contributed by atoms with Crippen molar-refractivity contribution in [2.45, 2.75) is 45.4 Å². The van der Waals surface area contributed by atoms with Crippen molar-refractivity contribution in [1.29, 1.82) is 0 Å². The van der Waals surface area contributed by atoms with E-state index in [4.69, 9.17) is 0 Å². The van der Waals surface area contributed by atoms with Crippen molar-refractivity contribution in [3.05, 3.63) is 130 Å². The van der Waals surface area contributed by atoms with Gasteiger partial charge in [0.2, 0.25) is 0 Å². The first-order valence-corrected chi connectivity index (χ1v) is 12.0. The third-order valence-corrected chi connectivity index (χ3v) is 6.40. The highest BCUT2D eigenvalue weighted by molar-refractivity contribution is 5.84. The van der Waals surface area contributed by atoms with Gasteiger partial charge in [0.05, 0.1) is 0 Å². The van der Waals surface area contributed by atoms with Crippen LogP contribution in [0.4, 0.5) is 17.6 Å². The second kappa shape index (κ2) is 11.4. The van der Waals surface area contributed by atoms with Gasteiger partial charge in [-0.15, -0.1) is 0 Å². The lowest BCUT2D eigenvalue weighted by molar-refractivity contribution is 0.507. The Bertz CT molecular complexity index is 1350. The molecule has 0 bridgehead atoms. The van der Waals surface area contributed by atoms with E-state index in [-0.39, 0.29) is 11.6 Å². The molecule has 0 amide bonds. The summed E-state index contributed by atoms with van der Waals surface area (Å²) in [6, 6.07) is 18.4. The van der Waals surface area contributed by atoms with Crippen LogP contribution >= 0.6 is 0 Å². The molecule has 0 atom stereocenters. The van der Waals surface area contributed by atoms with Crippen molar-refractivity contribution in [2.75, 3.05) is 0 Å². The first-order chi connectivity index (χ1) is 16.9. The van der Waals surface area contributed by atoms with Crippen LogP contribution in [0.2, 0.25) is 0 Å². The van der Waals surface area contributed by atoms with Crippen LogP contribution in [0.3, 0.4) is 0 Å². The lowest BCUT2D eigenvalue weighted by Crippen LogP contribution is -1.99. The van der Waals surface area contributed by atoms with Gasteiger partial charge in [0, 0.05) is 5.39 Å². The molecule has 0 saturated heterocycles. The molecule has 0 N–H and O–H groups in total. The Morgan fingerprint density at radius 2 is 1.20 bits per heavy atom. The summed E-state index contributed by atoms with van der Waals surface area (Å²) in [6.07, 6.45) is 7.82. The van der Waals surface area contributed by atoms with Gasteiger partial charge in [0.25, 0.3) is 0 Å². The highest BCUT2D eigenvalue weighted by atomic mass is 19.2. The van der Waals surface area contributed by atoms with Crippen LogP contribution in [-0.2, 0) is 32.1 Å². The first kappa shape index (κ1) is 24.7. The van der Waals surface area contributed by atoms with Gasteiger partial charge in [-0.25, -0.2) is 17.6 Å². The molecule has 0 fully saturated rings. The molecule has 0 heterocycles. The number of hydrogen-bond donors (Lipinski definition) is 0. The van der Waals surface area contributed by atoms with Gasteiger partial charge in [-0.3, -0.25) is 0 Å². The van der Waals surface area contributed by atoms with E-state index in [0.717, 1.165) is 41.5 Å². The molecule has 4 aromatic carbocycles. The molecule has 4 aromatic rings. The molecule has 0 spiro atoms. The molecule has 0 aliphatic rings. The molecule has 0 aliphatic carbocycles. The van der Waals surface area contributed by atoms with E-state index < -0.39 is 11.6 Å². The molecule has 0 nitrogen and oxygen atoms in total. The fraction of sp³-hybridized carbons (Fsp3) is 0.226. The summed E-state index contributed by atoms with van der Waals surface area (Å²) in [6.45, 7) is 1.98. The van der Waals surface area contributed by atoms with Crippen LogP contribution in [0, 0.1) is 23.3 Å². The minimum absolute atomic E-state index is 0.180. The van der Waals surface area contributed by atoms with Crippen molar-refractivity contribution < 1.29 is 17.6 Å². The van der Waals surface area contributed by atoms with Gasteiger partial charge < -0.3 is 0 Å². The van der Waals surface area contributed by atoms with Crippen LogP contribution in [-0.4, -0.2) is 0 Å². The van der Waals surface area contributed by atoms with Crippen LogP contribution in [0.5, 0.6) is 0 Å². The van der Waals surface area contributed by atoms with E-state index in [2.05, 4.69) is 6.08 Å². The van der Waals surface area contributed by atoms with E-state index in [1.54, 1.807) is 18.2 Å². The SMILES string of the molecule is C/C=C/CCc1ccc(CCc2ccc3c(F)c(CCc4ccc(F)c(F)c4)ccc3c2)c(F)c1. The highest BCUT2D eigenvalue weighted by Gasteiger charge is 2.10. The first-order valence-electron chi connectivity index (χ1n) is 12.0. The second-order valence-corrected chi connectivity index (χ2v) is 8.88. The summed E-state index contributed by atoms with van der Waals surface area (Å²) < 4.78 is 56.2. The lowest BCUT2D eigenvalue weighted by Gasteiger charge is -2.10. The molecular formula is C31H28F4. The summed E-state index contributed by atoms with van der Waals surface area (Å²) in [4.78, 5) is 0. The molecule has 4 heteroatoms. The van der Waals surface area contributed by atoms with Gasteiger partial charge in [0.15, 0.2) is 11.6 Å². The zero-order valence-electron chi connectivity index (χ0n) is 19.8. The molecule has 0 aliphatic heterocycles. The maximum absolute atomic E-state index is 15.1. The summed E-state index contributed by atoms with van der Waals surface area (Å²) in [5.74, 6) is -2.26. The van der Waals surface area contributed by atoms with Crippen molar-refractivity contribution >= 4 is 10.8 Å². The van der Waals surface area contributed by atoms with Crippen LogP contribution in [0.25, 0.3) is 10.8 Å². The zero-order valence-corrected chi connectivity index (χ0v) is 19.8. The minimum atomic E-state index is -0.894. The van der Waals surface area contributed by atoms with Gasteiger partial charge >= 0.3 is 0 Å². The Morgan fingerprint density at radius 1 is 0.571 bits per heavy atom. The van der Waals surface area contributed by atoms with Crippen molar-refractivity contribution in [3.8, 4) is 0 Å². The molecule has 0 unspecified atom stereocenters. The van der Waals surface area contributed by atoms with Crippen LogP contribution in [0.15, 0.2) is 78.9 Å². The highest BCUT2D eigenvalue weighted by Crippen LogP contribution is 2.25. The molecule has 0 radical (unpaired) electrons. The lowest BCUT2D eigenvalue weighted by atomic mass is 9.97. The fourth-order valence-corrected chi connectivity index (χ4v) is 4.35. The largest absolute Gasteiger partial charge is 0.207 e. The molecule has 4 rings (SSSR count). The van der Waals surface area contributed by atoms with E-state index in [0.29, 0.717) is 47.8 Å². The van der Waals surface area contributed by atoms with Crippen molar-refractivity contribution in [1.82, 2.24) is 0 Å². The summed E-state index contributed by atoms with van der Waals surface area (Å²) in [5, 5.41) is 1.31. The van der Waals surface area contributed by atoms with Crippen LogP contribution < -0.4 is 0 Å². The van der Waals surface area contributed by atoms with Crippen molar-refractivity contribution in [2.24, 2.45) is 0 Å². The number of benzene rings is 4. The van der Waals surface area contributed by atoms with E-state index in [1.165, 1.54) is 6.07 Å². The maximum atomic E-state index is 15.1. The molecule has 35 heavy (non-hydrogen) atoms. The van der Waals surface area contributed by atoms with E-state index in [1.807, 2.05) is 43.3 Å². The normalized spacial score (nSPS) is 11.6.